The fourth-order valence-electron chi connectivity index (χ4n) is 3.55. The standard InChI is InChI=1S/C21H37N5O.HI/c1-4-22-21(24-14-18(9-12-27)13-17(2)3)25-16-19-7-8-20(23-15-19)26-10-5-6-11-26;/h7-8,15,17-18,27H,4-6,9-14,16H2,1-3H3,(H2,22,24,25);1H. The number of anilines is 1. The molecule has 1 unspecified atom stereocenters. The van der Waals surface area contributed by atoms with Gasteiger partial charge in [0.1, 0.15) is 5.82 Å². The Morgan fingerprint density at radius 2 is 2.00 bits per heavy atom. The van der Waals surface area contributed by atoms with Crippen LogP contribution in [0.5, 0.6) is 0 Å². The van der Waals surface area contributed by atoms with Crippen LogP contribution in [-0.2, 0) is 6.54 Å². The van der Waals surface area contributed by atoms with Crippen LogP contribution in [0.15, 0.2) is 23.3 Å². The number of aliphatic imine (C=N–C) groups is 1. The van der Waals surface area contributed by atoms with Crippen molar-refractivity contribution in [1.82, 2.24) is 15.6 Å². The molecular weight excluding hydrogens is 465 g/mol. The fraction of sp³-hybridized carbons (Fsp3) is 0.714. The second-order valence-corrected chi connectivity index (χ2v) is 7.80. The summed E-state index contributed by atoms with van der Waals surface area (Å²) in [6.07, 6.45) is 6.40. The summed E-state index contributed by atoms with van der Waals surface area (Å²) in [6, 6.07) is 4.23. The van der Waals surface area contributed by atoms with Gasteiger partial charge >= 0.3 is 0 Å². The summed E-state index contributed by atoms with van der Waals surface area (Å²) in [6.45, 7) is 11.3. The molecule has 1 fully saturated rings. The van der Waals surface area contributed by atoms with Crippen LogP contribution < -0.4 is 15.5 Å². The van der Waals surface area contributed by atoms with Crippen molar-refractivity contribution in [3.63, 3.8) is 0 Å². The van der Waals surface area contributed by atoms with E-state index < -0.39 is 0 Å². The summed E-state index contributed by atoms with van der Waals surface area (Å²) in [7, 11) is 0. The van der Waals surface area contributed by atoms with Crippen LogP contribution in [0.25, 0.3) is 0 Å². The van der Waals surface area contributed by atoms with Gasteiger partial charge < -0.3 is 20.6 Å². The highest BCUT2D eigenvalue weighted by Gasteiger charge is 2.13. The zero-order valence-electron chi connectivity index (χ0n) is 17.7. The van der Waals surface area contributed by atoms with Crippen LogP contribution in [0.1, 0.15) is 52.0 Å². The van der Waals surface area contributed by atoms with E-state index in [1.165, 1.54) is 12.8 Å². The smallest absolute Gasteiger partial charge is 0.191 e. The quantitative estimate of drug-likeness (QED) is 0.259. The lowest BCUT2D eigenvalue weighted by atomic mass is 9.94. The van der Waals surface area contributed by atoms with E-state index in [1.807, 2.05) is 6.20 Å². The molecule has 0 radical (unpaired) electrons. The lowest BCUT2D eigenvalue weighted by Crippen LogP contribution is -2.40. The molecule has 1 aromatic rings. The van der Waals surface area contributed by atoms with Gasteiger partial charge in [-0.1, -0.05) is 19.9 Å². The van der Waals surface area contributed by atoms with Crippen molar-refractivity contribution in [2.24, 2.45) is 16.8 Å². The Hall–Kier alpha value is -1.09. The second-order valence-electron chi connectivity index (χ2n) is 7.80. The van der Waals surface area contributed by atoms with E-state index in [2.05, 4.69) is 53.4 Å². The van der Waals surface area contributed by atoms with E-state index in [1.54, 1.807) is 0 Å². The Morgan fingerprint density at radius 3 is 2.57 bits per heavy atom. The molecular formula is C21H38IN5O. The average Bonchev–Trinajstić information content (AvgIpc) is 3.19. The summed E-state index contributed by atoms with van der Waals surface area (Å²) in [5.74, 6) is 2.99. The SMILES string of the molecule is CCNC(=NCc1ccc(N2CCCC2)nc1)NCC(CCO)CC(C)C.I. The van der Waals surface area contributed by atoms with Gasteiger partial charge in [0.05, 0.1) is 6.54 Å². The molecule has 3 N–H and O–H groups in total. The zero-order chi connectivity index (χ0) is 19.5. The summed E-state index contributed by atoms with van der Waals surface area (Å²) < 4.78 is 0. The Morgan fingerprint density at radius 1 is 1.25 bits per heavy atom. The van der Waals surface area contributed by atoms with Gasteiger partial charge in [0, 0.05) is 39.0 Å². The molecule has 7 heteroatoms. The number of hydrogen-bond acceptors (Lipinski definition) is 4. The van der Waals surface area contributed by atoms with E-state index in [9.17, 15) is 5.11 Å². The topological polar surface area (TPSA) is 72.8 Å². The van der Waals surface area contributed by atoms with E-state index in [0.717, 1.165) is 56.4 Å². The maximum Gasteiger partial charge on any atom is 0.191 e. The first kappa shape index (κ1) is 24.9. The predicted octanol–water partition coefficient (Wildman–Crippen LogP) is 3.40. The number of hydrogen-bond donors (Lipinski definition) is 3. The molecule has 160 valence electrons. The molecule has 0 spiro atoms. The highest BCUT2D eigenvalue weighted by atomic mass is 127. The molecule has 28 heavy (non-hydrogen) atoms. The maximum absolute atomic E-state index is 9.29. The minimum Gasteiger partial charge on any atom is -0.396 e. The van der Waals surface area contributed by atoms with Gasteiger partial charge in [-0.25, -0.2) is 9.98 Å². The molecule has 1 aliphatic rings. The van der Waals surface area contributed by atoms with Crippen LogP contribution in [0.3, 0.4) is 0 Å². The molecule has 1 aliphatic heterocycles. The zero-order valence-corrected chi connectivity index (χ0v) is 20.0. The number of pyridine rings is 1. The first-order valence-electron chi connectivity index (χ1n) is 10.4. The molecule has 0 aromatic carbocycles. The predicted molar refractivity (Wildman–Crippen MR) is 129 cm³/mol. The van der Waals surface area contributed by atoms with E-state index in [4.69, 9.17) is 4.99 Å². The van der Waals surface area contributed by atoms with E-state index in [-0.39, 0.29) is 30.6 Å². The van der Waals surface area contributed by atoms with Gasteiger partial charge in [-0.2, -0.15) is 0 Å². The van der Waals surface area contributed by atoms with Crippen molar-refractivity contribution in [3.8, 4) is 0 Å². The number of nitrogens with zero attached hydrogens (tertiary/aromatic N) is 3. The largest absolute Gasteiger partial charge is 0.396 e. The van der Waals surface area contributed by atoms with Crippen molar-refractivity contribution in [2.75, 3.05) is 37.7 Å². The summed E-state index contributed by atoms with van der Waals surface area (Å²) >= 11 is 0. The third kappa shape index (κ3) is 8.94. The number of aliphatic hydroxyl groups excluding tert-OH is 1. The normalized spacial score (nSPS) is 15.5. The molecule has 1 saturated heterocycles. The highest BCUT2D eigenvalue weighted by molar-refractivity contribution is 14.0. The van der Waals surface area contributed by atoms with Crippen molar-refractivity contribution in [2.45, 2.75) is 53.0 Å². The Labute approximate surface area is 187 Å². The fourth-order valence-corrected chi connectivity index (χ4v) is 3.55. The third-order valence-electron chi connectivity index (χ3n) is 4.90. The minimum absolute atomic E-state index is 0. The summed E-state index contributed by atoms with van der Waals surface area (Å²) in [5.41, 5.74) is 1.12. The molecule has 2 heterocycles. The first-order chi connectivity index (χ1) is 13.1. The first-order valence-corrected chi connectivity index (χ1v) is 10.4. The Bertz CT molecular complexity index is 558. The Kier molecular flexibility index (Phi) is 12.5. The monoisotopic (exact) mass is 503 g/mol. The van der Waals surface area contributed by atoms with Crippen molar-refractivity contribution >= 4 is 35.8 Å². The molecule has 6 nitrogen and oxygen atoms in total. The van der Waals surface area contributed by atoms with Crippen LogP contribution in [0.2, 0.25) is 0 Å². The van der Waals surface area contributed by atoms with Gasteiger partial charge in [-0.15, -0.1) is 24.0 Å². The van der Waals surface area contributed by atoms with Crippen molar-refractivity contribution in [1.29, 1.82) is 0 Å². The summed E-state index contributed by atoms with van der Waals surface area (Å²) in [5, 5.41) is 16.0. The van der Waals surface area contributed by atoms with Gasteiger partial charge in [0.25, 0.3) is 0 Å². The van der Waals surface area contributed by atoms with Crippen LogP contribution in [0, 0.1) is 11.8 Å². The number of aliphatic hydroxyl groups is 1. The number of halogens is 1. The number of aromatic nitrogens is 1. The number of rotatable bonds is 10. The van der Waals surface area contributed by atoms with Crippen LogP contribution in [0.4, 0.5) is 5.82 Å². The maximum atomic E-state index is 9.29. The lowest BCUT2D eigenvalue weighted by molar-refractivity contribution is 0.243. The second kappa shape index (κ2) is 14.0. The number of guanidine groups is 1. The van der Waals surface area contributed by atoms with Crippen LogP contribution in [-0.4, -0.2) is 48.8 Å². The third-order valence-corrected chi connectivity index (χ3v) is 4.90. The molecule has 1 aromatic heterocycles. The minimum atomic E-state index is 0. The van der Waals surface area contributed by atoms with Crippen LogP contribution >= 0.6 is 24.0 Å². The highest BCUT2D eigenvalue weighted by Crippen LogP contribution is 2.18. The molecule has 0 aliphatic carbocycles. The molecule has 0 bridgehead atoms. The van der Waals surface area contributed by atoms with E-state index >= 15 is 0 Å². The van der Waals surface area contributed by atoms with E-state index in [0.29, 0.717) is 18.4 Å². The Balaban J connectivity index is 0.00000392. The van der Waals surface area contributed by atoms with Gasteiger partial charge in [0.15, 0.2) is 5.96 Å². The molecule has 1 atom stereocenters. The molecule has 0 amide bonds. The van der Waals surface area contributed by atoms with Crippen molar-refractivity contribution < 1.29 is 5.11 Å². The van der Waals surface area contributed by atoms with Gasteiger partial charge in [0.2, 0.25) is 0 Å². The van der Waals surface area contributed by atoms with Gasteiger partial charge in [-0.05, 0) is 56.1 Å². The average molecular weight is 503 g/mol. The molecule has 2 rings (SSSR count). The number of nitrogens with one attached hydrogen (secondary N) is 2. The van der Waals surface area contributed by atoms with Gasteiger partial charge in [-0.3, -0.25) is 0 Å². The summed E-state index contributed by atoms with van der Waals surface area (Å²) in [4.78, 5) is 11.6. The van der Waals surface area contributed by atoms with Crippen molar-refractivity contribution in [3.05, 3.63) is 23.9 Å². The molecule has 0 saturated carbocycles. The lowest BCUT2D eigenvalue weighted by Gasteiger charge is -2.20.